The lowest BCUT2D eigenvalue weighted by Crippen LogP contribution is -2.09. The number of para-hydroxylation sites is 6. The number of hydrogen-bond acceptors (Lipinski definition) is 4. The van der Waals surface area contributed by atoms with Crippen LogP contribution in [0.15, 0.2) is 238 Å². The largest absolute Gasteiger partial charge is 0.455 e. The van der Waals surface area contributed by atoms with Crippen LogP contribution in [0.2, 0.25) is 0 Å². The van der Waals surface area contributed by atoms with E-state index in [9.17, 15) is 0 Å². The molecule has 3 heterocycles. The van der Waals surface area contributed by atoms with Crippen LogP contribution < -0.4 is 4.90 Å². The van der Waals surface area contributed by atoms with Crippen LogP contribution >= 0.6 is 0 Å². The molecule has 0 saturated carbocycles. The van der Waals surface area contributed by atoms with E-state index >= 15 is 0 Å². The standard InChI is InChI=1S/C60H37NO3/c1-4-19-55-49(10-1)52-16-7-13-46(58(52)62-55)40-24-22-38(23-25-40)39-26-32-43(33-27-39)61(44-34-28-41(29-35-44)47-14-8-17-53-50-11-2-5-20-56(50)63-59(47)53)45-36-30-42(31-37-45)48-15-9-18-54-51-12-3-6-21-57(51)64-60(48)54/h1-37H. The Morgan fingerprint density at radius 3 is 0.828 bits per heavy atom. The zero-order valence-corrected chi connectivity index (χ0v) is 34.5. The van der Waals surface area contributed by atoms with Crippen molar-refractivity contribution in [2.24, 2.45) is 0 Å². The van der Waals surface area contributed by atoms with Crippen molar-refractivity contribution in [3.63, 3.8) is 0 Å². The summed E-state index contributed by atoms with van der Waals surface area (Å²) in [5.74, 6) is 0. The Balaban J connectivity index is 0.864. The van der Waals surface area contributed by atoms with E-state index in [2.05, 4.69) is 193 Å². The van der Waals surface area contributed by atoms with Gasteiger partial charge in [0.15, 0.2) is 0 Å². The van der Waals surface area contributed by atoms with Crippen LogP contribution in [0.25, 0.3) is 110 Å². The zero-order chi connectivity index (χ0) is 42.1. The lowest BCUT2D eigenvalue weighted by Gasteiger charge is -2.26. The number of anilines is 3. The highest BCUT2D eigenvalue weighted by atomic mass is 16.3. The van der Waals surface area contributed by atoms with Crippen LogP contribution in [0.4, 0.5) is 17.1 Å². The monoisotopic (exact) mass is 819 g/mol. The highest BCUT2D eigenvalue weighted by molar-refractivity contribution is 6.11. The SMILES string of the molecule is c1ccc2c(c1)oc1c(-c3ccc(-c4ccc(N(c5ccc(-c6cccc7c6oc6ccccc67)cc5)c5ccc(-c6cccc7c6oc6ccccc67)cc5)cc4)cc3)cccc12. The van der Waals surface area contributed by atoms with E-state index in [4.69, 9.17) is 13.3 Å². The van der Waals surface area contributed by atoms with E-state index in [-0.39, 0.29) is 0 Å². The predicted octanol–water partition coefficient (Wildman–Crippen LogP) is 17.5. The van der Waals surface area contributed by atoms with Gasteiger partial charge in [-0.1, -0.05) is 170 Å². The average Bonchev–Trinajstić information content (AvgIpc) is 4.07. The molecule has 300 valence electrons. The molecule has 0 aliphatic rings. The predicted molar refractivity (Wildman–Crippen MR) is 265 cm³/mol. The number of hydrogen-bond donors (Lipinski definition) is 0. The van der Waals surface area contributed by atoms with E-state index in [0.717, 1.165) is 127 Å². The fourth-order valence-electron chi connectivity index (χ4n) is 9.60. The van der Waals surface area contributed by atoms with E-state index in [1.807, 2.05) is 36.4 Å². The van der Waals surface area contributed by atoms with Gasteiger partial charge >= 0.3 is 0 Å². The lowest BCUT2D eigenvalue weighted by molar-refractivity contribution is 0.669. The molecule has 4 nitrogen and oxygen atoms in total. The van der Waals surface area contributed by atoms with E-state index in [1.165, 1.54) is 0 Å². The van der Waals surface area contributed by atoms with Crippen molar-refractivity contribution in [1.82, 2.24) is 0 Å². The van der Waals surface area contributed by atoms with Gasteiger partial charge in [0.1, 0.15) is 33.5 Å². The summed E-state index contributed by atoms with van der Waals surface area (Å²) >= 11 is 0. The summed E-state index contributed by atoms with van der Waals surface area (Å²) in [6, 6.07) is 79.1. The van der Waals surface area contributed by atoms with Gasteiger partial charge in [-0.3, -0.25) is 0 Å². The Bertz CT molecular complexity index is 3710. The number of benzene rings is 10. The molecule has 3 aromatic heterocycles. The summed E-state index contributed by atoms with van der Waals surface area (Å²) < 4.78 is 19.2. The molecule has 13 aromatic rings. The number of nitrogens with zero attached hydrogens (tertiary/aromatic N) is 1. The van der Waals surface area contributed by atoms with Crippen LogP contribution in [-0.4, -0.2) is 0 Å². The Labute approximate surface area is 368 Å². The van der Waals surface area contributed by atoms with Crippen molar-refractivity contribution in [1.29, 1.82) is 0 Å². The van der Waals surface area contributed by atoms with Gasteiger partial charge in [0, 0.05) is 66.1 Å². The third-order valence-corrected chi connectivity index (χ3v) is 12.7. The van der Waals surface area contributed by atoms with Crippen molar-refractivity contribution >= 4 is 82.9 Å². The smallest absolute Gasteiger partial charge is 0.143 e. The Morgan fingerprint density at radius 1 is 0.219 bits per heavy atom. The second-order valence-corrected chi connectivity index (χ2v) is 16.4. The van der Waals surface area contributed by atoms with E-state index in [1.54, 1.807) is 0 Å². The first-order chi connectivity index (χ1) is 31.7. The van der Waals surface area contributed by atoms with Crippen molar-refractivity contribution in [2.75, 3.05) is 4.90 Å². The van der Waals surface area contributed by atoms with Gasteiger partial charge in [-0.05, 0) is 82.4 Å². The summed E-state index contributed by atoms with van der Waals surface area (Å²) in [4.78, 5) is 2.32. The van der Waals surface area contributed by atoms with Crippen molar-refractivity contribution < 1.29 is 13.3 Å². The molecule has 0 saturated heterocycles. The van der Waals surface area contributed by atoms with Crippen molar-refractivity contribution in [2.45, 2.75) is 0 Å². The maximum absolute atomic E-state index is 6.43. The molecule has 0 radical (unpaired) electrons. The highest BCUT2D eigenvalue weighted by Gasteiger charge is 2.18. The molecule has 0 aliphatic carbocycles. The molecule has 13 rings (SSSR count). The van der Waals surface area contributed by atoms with Gasteiger partial charge in [-0.15, -0.1) is 0 Å². The minimum absolute atomic E-state index is 0.896. The van der Waals surface area contributed by atoms with Crippen molar-refractivity contribution in [3.05, 3.63) is 224 Å². The Kier molecular flexibility index (Phi) is 8.18. The first-order valence-electron chi connectivity index (χ1n) is 21.6. The third-order valence-electron chi connectivity index (χ3n) is 12.7. The molecular weight excluding hydrogens is 783 g/mol. The summed E-state index contributed by atoms with van der Waals surface area (Å²) in [5.41, 5.74) is 17.4. The molecule has 0 spiro atoms. The minimum Gasteiger partial charge on any atom is -0.455 e. The fraction of sp³-hybridized carbons (Fsp3) is 0. The maximum atomic E-state index is 6.43. The number of furan rings is 3. The first-order valence-corrected chi connectivity index (χ1v) is 21.6. The lowest BCUT2D eigenvalue weighted by atomic mass is 9.98. The molecule has 10 aromatic carbocycles. The Morgan fingerprint density at radius 2 is 0.484 bits per heavy atom. The van der Waals surface area contributed by atoms with Gasteiger partial charge in [-0.25, -0.2) is 0 Å². The molecule has 0 N–H and O–H groups in total. The van der Waals surface area contributed by atoms with Crippen LogP contribution in [0.1, 0.15) is 0 Å². The summed E-state index contributed by atoms with van der Waals surface area (Å²) in [6.45, 7) is 0. The van der Waals surface area contributed by atoms with Crippen molar-refractivity contribution in [3.8, 4) is 44.5 Å². The summed E-state index contributed by atoms with van der Waals surface area (Å²) in [5, 5.41) is 6.76. The van der Waals surface area contributed by atoms with Crippen LogP contribution in [0, 0.1) is 0 Å². The molecule has 4 heteroatoms. The molecule has 0 atom stereocenters. The molecule has 0 aliphatic heterocycles. The van der Waals surface area contributed by atoms with Crippen LogP contribution in [-0.2, 0) is 0 Å². The quantitative estimate of drug-likeness (QED) is 0.161. The summed E-state index contributed by atoms with van der Waals surface area (Å²) in [7, 11) is 0. The average molecular weight is 820 g/mol. The molecule has 0 bridgehead atoms. The zero-order valence-electron chi connectivity index (χ0n) is 34.5. The van der Waals surface area contributed by atoms with Gasteiger partial charge < -0.3 is 18.2 Å². The van der Waals surface area contributed by atoms with Crippen LogP contribution in [0.5, 0.6) is 0 Å². The van der Waals surface area contributed by atoms with E-state index < -0.39 is 0 Å². The maximum Gasteiger partial charge on any atom is 0.143 e. The molecule has 64 heavy (non-hydrogen) atoms. The van der Waals surface area contributed by atoms with Gasteiger partial charge in [0.2, 0.25) is 0 Å². The molecular formula is C60H37NO3. The first kappa shape index (κ1) is 36.1. The topological polar surface area (TPSA) is 42.7 Å². The second-order valence-electron chi connectivity index (χ2n) is 16.4. The summed E-state index contributed by atoms with van der Waals surface area (Å²) in [6.07, 6.45) is 0. The van der Waals surface area contributed by atoms with E-state index in [0.29, 0.717) is 0 Å². The molecule has 0 unspecified atom stereocenters. The molecule has 0 amide bonds. The number of fused-ring (bicyclic) bond motifs is 9. The normalized spacial score (nSPS) is 11.8. The Hall–Kier alpha value is -8.60. The number of rotatable bonds is 7. The van der Waals surface area contributed by atoms with Crippen LogP contribution in [0.3, 0.4) is 0 Å². The fourth-order valence-corrected chi connectivity index (χ4v) is 9.60. The minimum atomic E-state index is 0.896. The van der Waals surface area contributed by atoms with Gasteiger partial charge in [-0.2, -0.15) is 0 Å². The van der Waals surface area contributed by atoms with Gasteiger partial charge in [0.25, 0.3) is 0 Å². The highest BCUT2D eigenvalue weighted by Crippen LogP contribution is 2.42. The second kappa shape index (κ2) is 14.5. The molecule has 0 fully saturated rings. The third kappa shape index (κ3) is 5.84. The van der Waals surface area contributed by atoms with Gasteiger partial charge in [0.05, 0.1) is 0 Å².